The first-order valence-corrected chi connectivity index (χ1v) is 6.32. The lowest BCUT2D eigenvalue weighted by Crippen LogP contribution is -2.34. The van der Waals surface area contributed by atoms with Gasteiger partial charge in [0.1, 0.15) is 5.75 Å². The van der Waals surface area contributed by atoms with E-state index in [2.05, 4.69) is 15.6 Å². The van der Waals surface area contributed by atoms with Gasteiger partial charge in [0, 0.05) is 31.0 Å². The van der Waals surface area contributed by atoms with Crippen molar-refractivity contribution in [3.63, 3.8) is 0 Å². The van der Waals surface area contributed by atoms with Crippen molar-refractivity contribution in [3.05, 3.63) is 59.9 Å². The van der Waals surface area contributed by atoms with Crippen LogP contribution in [0.2, 0.25) is 0 Å². The van der Waals surface area contributed by atoms with Crippen molar-refractivity contribution in [1.29, 1.82) is 0 Å². The van der Waals surface area contributed by atoms with Crippen molar-refractivity contribution in [2.24, 2.45) is 0 Å². The van der Waals surface area contributed by atoms with Crippen LogP contribution in [-0.2, 0) is 13.1 Å². The van der Waals surface area contributed by atoms with E-state index in [1.807, 2.05) is 36.4 Å². The average molecular weight is 271 g/mol. The number of nitrogens with zero attached hydrogens (tertiary/aromatic N) is 1. The van der Waals surface area contributed by atoms with E-state index in [1.54, 1.807) is 19.5 Å². The Morgan fingerprint density at radius 1 is 1.10 bits per heavy atom. The summed E-state index contributed by atoms with van der Waals surface area (Å²) in [5.74, 6) is 0.766. The van der Waals surface area contributed by atoms with E-state index in [0.717, 1.165) is 16.9 Å². The van der Waals surface area contributed by atoms with E-state index in [9.17, 15) is 4.79 Å². The summed E-state index contributed by atoms with van der Waals surface area (Å²) in [5.41, 5.74) is 1.95. The second-order valence-corrected chi connectivity index (χ2v) is 4.20. The molecule has 0 atom stereocenters. The third-order valence-corrected chi connectivity index (χ3v) is 2.83. The van der Waals surface area contributed by atoms with Crippen LogP contribution in [0.25, 0.3) is 0 Å². The first-order valence-electron chi connectivity index (χ1n) is 6.32. The van der Waals surface area contributed by atoms with Gasteiger partial charge in [-0.3, -0.25) is 4.98 Å². The highest BCUT2D eigenvalue weighted by molar-refractivity contribution is 5.73. The van der Waals surface area contributed by atoms with Gasteiger partial charge in [0.05, 0.1) is 7.11 Å². The normalized spacial score (nSPS) is 9.85. The van der Waals surface area contributed by atoms with Crippen molar-refractivity contribution < 1.29 is 9.53 Å². The summed E-state index contributed by atoms with van der Waals surface area (Å²) < 4.78 is 5.23. The molecule has 1 heterocycles. The molecule has 5 nitrogen and oxygen atoms in total. The third kappa shape index (κ3) is 3.98. The minimum Gasteiger partial charge on any atom is -0.496 e. The lowest BCUT2D eigenvalue weighted by atomic mass is 10.2. The molecule has 0 saturated heterocycles. The quantitative estimate of drug-likeness (QED) is 0.875. The summed E-state index contributed by atoms with van der Waals surface area (Å²) >= 11 is 0. The van der Waals surface area contributed by atoms with Crippen LogP contribution in [0.4, 0.5) is 4.79 Å². The zero-order valence-corrected chi connectivity index (χ0v) is 11.3. The fraction of sp³-hybridized carbons (Fsp3) is 0.200. The Morgan fingerprint density at radius 3 is 2.55 bits per heavy atom. The number of pyridine rings is 1. The molecule has 0 aliphatic heterocycles. The Labute approximate surface area is 118 Å². The molecule has 2 amide bonds. The maximum Gasteiger partial charge on any atom is 0.315 e. The highest BCUT2D eigenvalue weighted by atomic mass is 16.5. The first kappa shape index (κ1) is 13.9. The smallest absolute Gasteiger partial charge is 0.315 e. The number of methoxy groups -OCH3 is 1. The van der Waals surface area contributed by atoms with Crippen LogP contribution in [0.15, 0.2) is 48.8 Å². The van der Waals surface area contributed by atoms with E-state index >= 15 is 0 Å². The summed E-state index contributed by atoms with van der Waals surface area (Å²) in [6.07, 6.45) is 3.40. The zero-order valence-electron chi connectivity index (χ0n) is 11.3. The largest absolute Gasteiger partial charge is 0.496 e. The van der Waals surface area contributed by atoms with Crippen LogP contribution >= 0.6 is 0 Å². The van der Waals surface area contributed by atoms with Crippen molar-refractivity contribution in [2.75, 3.05) is 7.11 Å². The van der Waals surface area contributed by atoms with Gasteiger partial charge in [0.2, 0.25) is 0 Å². The number of rotatable bonds is 5. The molecule has 2 N–H and O–H groups in total. The van der Waals surface area contributed by atoms with E-state index in [1.165, 1.54) is 0 Å². The number of aromatic nitrogens is 1. The minimum absolute atomic E-state index is 0.215. The summed E-state index contributed by atoms with van der Waals surface area (Å²) in [5, 5.41) is 5.59. The van der Waals surface area contributed by atoms with Crippen LogP contribution < -0.4 is 15.4 Å². The zero-order chi connectivity index (χ0) is 14.2. The Morgan fingerprint density at radius 2 is 1.80 bits per heavy atom. The van der Waals surface area contributed by atoms with Crippen molar-refractivity contribution in [1.82, 2.24) is 15.6 Å². The Kier molecular flexibility index (Phi) is 4.94. The minimum atomic E-state index is -0.215. The van der Waals surface area contributed by atoms with Gasteiger partial charge in [-0.1, -0.05) is 18.2 Å². The number of urea groups is 1. The summed E-state index contributed by atoms with van der Waals surface area (Å²) in [7, 11) is 1.61. The fourth-order valence-electron chi connectivity index (χ4n) is 1.77. The van der Waals surface area contributed by atoms with E-state index < -0.39 is 0 Å². The average Bonchev–Trinajstić information content (AvgIpc) is 2.52. The maximum absolute atomic E-state index is 11.7. The molecule has 104 valence electrons. The molecule has 5 heteroatoms. The fourth-order valence-corrected chi connectivity index (χ4v) is 1.77. The lowest BCUT2D eigenvalue weighted by Gasteiger charge is -2.10. The monoisotopic (exact) mass is 271 g/mol. The predicted octanol–water partition coefficient (Wildman–Crippen LogP) is 2.09. The number of hydrogen-bond donors (Lipinski definition) is 2. The molecule has 0 fully saturated rings. The molecule has 20 heavy (non-hydrogen) atoms. The Balaban J connectivity index is 1.80. The number of benzene rings is 1. The van der Waals surface area contributed by atoms with Gasteiger partial charge < -0.3 is 15.4 Å². The number of nitrogens with one attached hydrogen (secondary N) is 2. The number of ether oxygens (including phenoxy) is 1. The summed E-state index contributed by atoms with van der Waals surface area (Å²) in [4.78, 5) is 15.6. The van der Waals surface area contributed by atoms with Crippen molar-refractivity contribution in [2.45, 2.75) is 13.1 Å². The summed E-state index contributed by atoms with van der Waals surface area (Å²) in [6, 6.07) is 11.1. The predicted molar refractivity (Wildman–Crippen MR) is 76.3 cm³/mol. The van der Waals surface area contributed by atoms with Crippen molar-refractivity contribution in [3.8, 4) is 5.75 Å². The molecule has 2 aromatic rings. The van der Waals surface area contributed by atoms with Crippen LogP contribution in [0.1, 0.15) is 11.1 Å². The van der Waals surface area contributed by atoms with Gasteiger partial charge >= 0.3 is 6.03 Å². The van der Waals surface area contributed by atoms with Gasteiger partial charge in [-0.25, -0.2) is 4.79 Å². The Hall–Kier alpha value is -2.56. The molecule has 0 unspecified atom stereocenters. The topological polar surface area (TPSA) is 63.2 Å². The van der Waals surface area contributed by atoms with Crippen molar-refractivity contribution >= 4 is 6.03 Å². The molecule has 0 bridgehead atoms. The third-order valence-electron chi connectivity index (χ3n) is 2.83. The SMILES string of the molecule is COc1ccccc1CNC(=O)NCc1ccncc1. The molecule has 0 aliphatic carbocycles. The van der Waals surface area contributed by atoms with Gasteiger partial charge in [-0.05, 0) is 23.8 Å². The van der Waals surface area contributed by atoms with Crippen LogP contribution in [-0.4, -0.2) is 18.1 Å². The first-order chi connectivity index (χ1) is 9.79. The lowest BCUT2D eigenvalue weighted by molar-refractivity contribution is 0.240. The molecule has 1 aromatic carbocycles. The maximum atomic E-state index is 11.7. The van der Waals surface area contributed by atoms with E-state index in [4.69, 9.17) is 4.74 Å². The second kappa shape index (κ2) is 7.13. The number of carbonyl (C=O) groups is 1. The van der Waals surface area contributed by atoms with Gasteiger partial charge in [0.25, 0.3) is 0 Å². The Bertz CT molecular complexity index is 558. The molecular weight excluding hydrogens is 254 g/mol. The molecule has 1 aromatic heterocycles. The highest BCUT2D eigenvalue weighted by Gasteiger charge is 2.04. The van der Waals surface area contributed by atoms with Gasteiger partial charge in [-0.15, -0.1) is 0 Å². The molecule has 0 spiro atoms. The van der Waals surface area contributed by atoms with E-state index in [0.29, 0.717) is 13.1 Å². The number of hydrogen-bond acceptors (Lipinski definition) is 3. The molecule has 0 aliphatic rings. The van der Waals surface area contributed by atoms with E-state index in [-0.39, 0.29) is 6.03 Å². The molecule has 2 rings (SSSR count). The van der Waals surface area contributed by atoms with Gasteiger partial charge in [-0.2, -0.15) is 0 Å². The molecule has 0 radical (unpaired) electrons. The van der Waals surface area contributed by atoms with Crippen LogP contribution in [0.5, 0.6) is 5.75 Å². The van der Waals surface area contributed by atoms with Gasteiger partial charge in [0.15, 0.2) is 0 Å². The highest BCUT2D eigenvalue weighted by Crippen LogP contribution is 2.16. The standard InChI is InChI=1S/C15H17N3O2/c1-20-14-5-3-2-4-13(14)11-18-15(19)17-10-12-6-8-16-9-7-12/h2-9H,10-11H2,1H3,(H2,17,18,19). The summed E-state index contributed by atoms with van der Waals surface area (Å²) in [6.45, 7) is 0.895. The second-order valence-electron chi connectivity index (χ2n) is 4.20. The van der Waals surface area contributed by atoms with Crippen LogP contribution in [0, 0.1) is 0 Å². The molecular formula is C15H17N3O2. The van der Waals surface area contributed by atoms with Crippen LogP contribution in [0.3, 0.4) is 0 Å². The number of para-hydroxylation sites is 1. The number of amides is 2. The molecule has 0 saturated carbocycles. The number of carbonyl (C=O) groups excluding carboxylic acids is 1.